The molecule has 0 fully saturated rings. The molecule has 0 aromatic carbocycles. The Morgan fingerprint density at radius 1 is 1.50 bits per heavy atom. The summed E-state index contributed by atoms with van der Waals surface area (Å²) in [5, 5.41) is 4.73. The highest BCUT2D eigenvalue weighted by molar-refractivity contribution is 7.89. The molecular formula is C6H9N3O2S. The average Bonchev–Trinajstić information content (AvgIpc) is 2.03. The van der Waals surface area contributed by atoms with Crippen molar-refractivity contribution in [2.24, 2.45) is 5.14 Å². The number of sulfonamides is 1. The first-order chi connectivity index (χ1) is 5.54. The highest BCUT2D eigenvalue weighted by atomic mass is 32.2. The van der Waals surface area contributed by atoms with Crippen molar-refractivity contribution in [2.45, 2.75) is 18.4 Å². The van der Waals surface area contributed by atoms with Crippen LogP contribution in [-0.4, -0.2) is 18.4 Å². The highest BCUT2D eigenvalue weighted by Gasteiger charge is 2.09. The molecule has 0 radical (unpaired) electrons. The largest absolute Gasteiger partial charge is 0.255 e. The third kappa shape index (κ3) is 1.99. The summed E-state index contributed by atoms with van der Waals surface area (Å²) in [4.78, 5) is 7.37. The van der Waals surface area contributed by atoms with E-state index in [2.05, 4.69) is 9.97 Å². The van der Waals surface area contributed by atoms with Crippen LogP contribution in [0, 0.1) is 0 Å². The second kappa shape index (κ2) is 3.16. The number of aryl methyl sites for hydroxylation is 1. The van der Waals surface area contributed by atoms with E-state index in [0.717, 1.165) is 0 Å². The molecule has 1 aromatic rings. The molecule has 0 amide bonds. The zero-order chi connectivity index (χ0) is 9.19. The molecule has 5 nitrogen and oxygen atoms in total. The summed E-state index contributed by atoms with van der Waals surface area (Å²) in [7, 11) is -3.69. The molecule has 0 saturated carbocycles. The molecule has 66 valence electrons. The Hall–Kier alpha value is -1.01. The van der Waals surface area contributed by atoms with Crippen LogP contribution in [0.4, 0.5) is 0 Å². The van der Waals surface area contributed by atoms with Crippen LogP contribution in [0.1, 0.15) is 12.6 Å². The SMILES string of the molecule is CCc1cc(S(N)(=O)=O)ncn1. The standard InChI is InChI=1S/C6H9N3O2S/c1-2-5-3-6(9-4-8-5)12(7,10)11/h3-4H,2H2,1H3,(H2,7,10,11). The molecule has 6 heteroatoms. The van der Waals surface area contributed by atoms with Crippen LogP contribution >= 0.6 is 0 Å². The minimum atomic E-state index is -3.69. The van der Waals surface area contributed by atoms with Gasteiger partial charge in [-0.2, -0.15) is 0 Å². The fraction of sp³-hybridized carbons (Fsp3) is 0.333. The Morgan fingerprint density at radius 2 is 2.17 bits per heavy atom. The number of nitrogens with zero attached hydrogens (tertiary/aromatic N) is 2. The average molecular weight is 187 g/mol. The lowest BCUT2D eigenvalue weighted by atomic mass is 10.3. The number of rotatable bonds is 2. The van der Waals surface area contributed by atoms with Gasteiger partial charge in [0, 0.05) is 5.69 Å². The summed E-state index contributed by atoms with van der Waals surface area (Å²) in [5.41, 5.74) is 0.661. The van der Waals surface area contributed by atoms with Crippen LogP contribution in [0.25, 0.3) is 0 Å². The van der Waals surface area contributed by atoms with Crippen LogP contribution in [0.2, 0.25) is 0 Å². The predicted molar refractivity (Wildman–Crippen MR) is 42.8 cm³/mol. The Labute approximate surface area is 70.7 Å². The maximum absolute atomic E-state index is 10.8. The van der Waals surface area contributed by atoms with Crippen molar-refractivity contribution >= 4 is 10.0 Å². The van der Waals surface area contributed by atoms with E-state index in [4.69, 9.17) is 5.14 Å². The van der Waals surface area contributed by atoms with Gasteiger partial charge >= 0.3 is 0 Å². The van der Waals surface area contributed by atoms with Gasteiger partial charge in [0.1, 0.15) is 6.33 Å². The minimum absolute atomic E-state index is 0.130. The summed E-state index contributed by atoms with van der Waals surface area (Å²) in [6, 6.07) is 1.37. The number of hydrogen-bond acceptors (Lipinski definition) is 4. The number of aromatic nitrogens is 2. The summed E-state index contributed by atoms with van der Waals surface area (Å²) < 4.78 is 21.6. The molecular weight excluding hydrogens is 178 g/mol. The smallest absolute Gasteiger partial charge is 0.241 e. The molecule has 0 saturated heterocycles. The van der Waals surface area contributed by atoms with Crippen molar-refractivity contribution < 1.29 is 8.42 Å². The van der Waals surface area contributed by atoms with E-state index in [0.29, 0.717) is 12.1 Å². The van der Waals surface area contributed by atoms with Crippen molar-refractivity contribution in [3.8, 4) is 0 Å². The van der Waals surface area contributed by atoms with Crippen LogP contribution in [0.15, 0.2) is 17.4 Å². The van der Waals surface area contributed by atoms with E-state index in [1.165, 1.54) is 12.4 Å². The van der Waals surface area contributed by atoms with Crippen LogP contribution in [-0.2, 0) is 16.4 Å². The number of primary sulfonamides is 1. The van der Waals surface area contributed by atoms with E-state index in [1.54, 1.807) is 0 Å². The second-order valence-electron chi connectivity index (χ2n) is 2.25. The van der Waals surface area contributed by atoms with E-state index in [9.17, 15) is 8.42 Å². The van der Waals surface area contributed by atoms with Gasteiger partial charge in [0.05, 0.1) is 0 Å². The van der Waals surface area contributed by atoms with Crippen LogP contribution < -0.4 is 5.14 Å². The molecule has 1 heterocycles. The van der Waals surface area contributed by atoms with Gasteiger partial charge in [-0.3, -0.25) is 0 Å². The lowest BCUT2D eigenvalue weighted by molar-refractivity contribution is 0.593. The van der Waals surface area contributed by atoms with Crippen LogP contribution in [0.5, 0.6) is 0 Å². The summed E-state index contributed by atoms with van der Waals surface area (Å²) >= 11 is 0. The maximum atomic E-state index is 10.8. The van der Waals surface area contributed by atoms with Gasteiger partial charge in [-0.1, -0.05) is 6.92 Å². The van der Waals surface area contributed by atoms with Crippen molar-refractivity contribution in [3.05, 3.63) is 18.1 Å². The van der Waals surface area contributed by atoms with E-state index >= 15 is 0 Å². The lowest BCUT2D eigenvalue weighted by Gasteiger charge is -1.97. The first-order valence-electron chi connectivity index (χ1n) is 3.37. The molecule has 0 unspecified atom stereocenters. The van der Waals surface area contributed by atoms with Gasteiger partial charge in [-0.25, -0.2) is 23.5 Å². The summed E-state index contributed by atoms with van der Waals surface area (Å²) in [6.07, 6.45) is 1.85. The predicted octanol–water partition coefficient (Wildman–Crippen LogP) is -0.314. The van der Waals surface area contributed by atoms with E-state index in [1.807, 2.05) is 6.92 Å². The highest BCUT2D eigenvalue weighted by Crippen LogP contribution is 2.03. The van der Waals surface area contributed by atoms with Crippen molar-refractivity contribution in [1.29, 1.82) is 0 Å². The molecule has 0 spiro atoms. The zero-order valence-electron chi connectivity index (χ0n) is 6.56. The quantitative estimate of drug-likeness (QED) is 0.643. The molecule has 2 N–H and O–H groups in total. The van der Waals surface area contributed by atoms with Gasteiger partial charge in [0.2, 0.25) is 0 Å². The van der Waals surface area contributed by atoms with Crippen molar-refractivity contribution in [1.82, 2.24) is 9.97 Å². The lowest BCUT2D eigenvalue weighted by Crippen LogP contribution is -2.14. The first kappa shape index (κ1) is 9.08. The van der Waals surface area contributed by atoms with E-state index in [-0.39, 0.29) is 5.03 Å². The van der Waals surface area contributed by atoms with Gasteiger partial charge in [-0.15, -0.1) is 0 Å². The van der Waals surface area contributed by atoms with Gasteiger partial charge in [0.15, 0.2) is 5.03 Å². The van der Waals surface area contributed by atoms with Crippen molar-refractivity contribution in [2.75, 3.05) is 0 Å². The Balaban J connectivity index is 3.20. The number of hydrogen-bond donors (Lipinski definition) is 1. The third-order valence-electron chi connectivity index (χ3n) is 1.35. The molecule has 1 rings (SSSR count). The Kier molecular flexibility index (Phi) is 2.39. The Morgan fingerprint density at radius 3 is 2.67 bits per heavy atom. The fourth-order valence-corrected chi connectivity index (χ4v) is 1.22. The third-order valence-corrected chi connectivity index (χ3v) is 2.16. The fourth-order valence-electron chi connectivity index (χ4n) is 0.726. The summed E-state index contributed by atoms with van der Waals surface area (Å²) in [5.74, 6) is 0. The van der Waals surface area contributed by atoms with Gasteiger partial charge < -0.3 is 0 Å². The van der Waals surface area contributed by atoms with Crippen LogP contribution in [0.3, 0.4) is 0 Å². The summed E-state index contributed by atoms with van der Waals surface area (Å²) in [6.45, 7) is 1.87. The second-order valence-corrected chi connectivity index (χ2v) is 3.75. The molecule has 0 atom stereocenters. The zero-order valence-corrected chi connectivity index (χ0v) is 7.37. The topological polar surface area (TPSA) is 85.9 Å². The molecule has 0 aliphatic heterocycles. The van der Waals surface area contributed by atoms with E-state index < -0.39 is 10.0 Å². The molecule has 0 aliphatic carbocycles. The molecule has 0 aliphatic rings. The normalized spacial score (nSPS) is 11.5. The first-order valence-corrected chi connectivity index (χ1v) is 4.92. The monoisotopic (exact) mass is 187 g/mol. The maximum Gasteiger partial charge on any atom is 0.255 e. The van der Waals surface area contributed by atoms with Gasteiger partial charge in [0.25, 0.3) is 10.0 Å². The molecule has 1 aromatic heterocycles. The number of nitrogens with two attached hydrogens (primary N) is 1. The molecule has 12 heavy (non-hydrogen) atoms. The van der Waals surface area contributed by atoms with Gasteiger partial charge in [-0.05, 0) is 12.5 Å². The molecule has 0 bridgehead atoms. The minimum Gasteiger partial charge on any atom is -0.241 e. The Bertz CT molecular complexity index is 374. The van der Waals surface area contributed by atoms with Crippen molar-refractivity contribution in [3.63, 3.8) is 0 Å².